The van der Waals surface area contributed by atoms with E-state index in [9.17, 15) is 9.90 Å². The van der Waals surface area contributed by atoms with Gasteiger partial charge in [-0.2, -0.15) is 8.75 Å². The first-order valence-electron chi connectivity index (χ1n) is 7.79. The number of nitrogens with one attached hydrogen (secondary N) is 1. The normalized spacial score (nSPS) is 14.3. The van der Waals surface area contributed by atoms with Crippen LogP contribution in [-0.4, -0.2) is 39.5 Å². The first-order chi connectivity index (χ1) is 12.2. The fraction of sp³-hybridized carbons (Fsp3) is 0.235. The summed E-state index contributed by atoms with van der Waals surface area (Å²) in [5.74, 6) is 0.999. The van der Waals surface area contributed by atoms with Gasteiger partial charge in [0, 0.05) is 12.1 Å². The monoisotopic (exact) mass is 357 g/mol. The number of benzene rings is 2. The van der Waals surface area contributed by atoms with Gasteiger partial charge in [-0.05, 0) is 35.9 Å². The summed E-state index contributed by atoms with van der Waals surface area (Å²) in [6, 6.07) is 10.4. The molecule has 7 nitrogen and oxygen atoms in total. The molecule has 0 aliphatic carbocycles. The first kappa shape index (κ1) is 15.8. The van der Waals surface area contributed by atoms with Gasteiger partial charge in [0.15, 0.2) is 11.5 Å². The number of aliphatic hydroxyl groups is 1. The Labute approximate surface area is 147 Å². The van der Waals surface area contributed by atoms with E-state index < -0.39 is 6.10 Å². The summed E-state index contributed by atoms with van der Waals surface area (Å²) in [5.41, 5.74) is 2.58. The van der Waals surface area contributed by atoms with E-state index in [0.717, 1.165) is 17.2 Å². The molecular weight excluding hydrogens is 342 g/mol. The molecule has 2 N–H and O–H groups in total. The lowest BCUT2D eigenvalue weighted by molar-refractivity contribution is 0.0916. The minimum absolute atomic E-state index is 0.0891. The molecular formula is C17H15N3O4S. The highest BCUT2D eigenvalue weighted by Crippen LogP contribution is 2.32. The number of carbonyl (C=O) groups excluding carboxylic acids is 1. The Morgan fingerprint density at radius 2 is 1.92 bits per heavy atom. The molecule has 0 saturated carbocycles. The zero-order valence-electron chi connectivity index (χ0n) is 13.1. The zero-order chi connectivity index (χ0) is 17.2. The molecule has 0 saturated heterocycles. The summed E-state index contributed by atoms with van der Waals surface area (Å²) in [6.07, 6.45) is -0.843. The van der Waals surface area contributed by atoms with Crippen LogP contribution in [0.4, 0.5) is 0 Å². The molecule has 2 aromatic carbocycles. The maximum Gasteiger partial charge on any atom is 0.251 e. The van der Waals surface area contributed by atoms with Gasteiger partial charge in [-0.3, -0.25) is 4.79 Å². The predicted molar refractivity (Wildman–Crippen MR) is 92.1 cm³/mol. The number of carbonyl (C=O) groups is 1. The van der Waals surface area contributed by atoms with E-state index in [-0.39, 0.29) is 12.5 Å². The van der Waals surface area contributed by atoms with Crippen LogP contribution in [-0.2, 0) is 0 Å². The minimum atomic E-state index is -0.843. The van der Waals surface area contributed by atoms with Gasteiger partial charge in [0.2, 0.25) is 0 Å². The lowest BCUT2D eigenvalue weighted by Crippen LogP contribution is -2.28. The molecule has 2 heterocycles. The second kappa shape index (κ2) is 6.66. The summed E-state index contributed by atoms with van der Waals surface area (Å²) >= 11 is 1.11. The van der Waals surface area contributed by atoms with Gasteiger partial charge in [-0.15, -0.1) is 0 Å². The molecule has 25 heavy (non-hydrogen) atoms. The summed E-state index contributed by atoms with van der Waals surface area (Å²) in [6.45, 7) is 1.09. The van der Waals surface area contributed by atoms with Crippen LogP contribution in [0.15, 0.2) is 36.4 Å². The van der Waals surface area contributed by atoms with Gasteiger partial charge in [-0.25, -0.2) is 0 Å². The van der Waals surface area contributed by atoms with Crippen molar-refractivity contribution in [2.75, 3.05) is 19.8 Å². The van der Waals surface area contributed by atoms with Crippen molar-refractivity contribution < 1.29 is 19.4 Å². The maximum atomic E-state index is 12.3. The highest BCUT2D eigenvalue weighted by atomic mass is 32.1. The molecule has 0 bridgehead atoms. The number of amides is 1. The summed E-state index contributed by atoms with van der Waals surface area (Å²) < 4.78 is 19.2. The van der Waals surface area contributed by atoms with Crippen LogP contribution in [0.3, 0.4) is 0 Å². The van der Waals surface area contributed by atoms with Crippen molar-refractivity contribution in [1.82, 2.24) is 14.1 Å². The van der Waals surface area contributed by atoms with E-state index in [2.05, 4.69) is 14.1 Å². The molecule has 1 aliphatic rings. The molecule has 1 atom stereocenters. The SMILES string of the molecule is O=C(NC[C@H](O)c1ccc2c(c1)OCCO2)c1ccc2nsnc2c1. The highest BCUT2D eigenvalue weighted by molar-refractivity contribution is 7.00. The third kappa shape index (κ3) is 3.26. The standard InChI is InChI=1S/C17H15N3O4S/c21-14(10-2-4-15-16(8-10)24-6-5-23-15)9-18-17(22)11-1-3-12-13(7-11)20-25-19-12/h1-4,7-8,14,21H,5-6,9H2,(H,18,22)/t14-/m0/s1. The third-order valence-electron chi connectivity index (χ3n) is 3.92. The number of ether oxygens (including phenoxy) is 2. The average molecular weight is 357 g/mol. The van der Waals surface area contributed by atoms with Gasteiger partial charge in [0.05, 0.1) is 17.8 Å². The molecule has 8 heteroatoms. The highest BCUT2D eigenvalue weighted by Gasteiger charge is 2.16. The Hall–Kier alpha value is -2.71. The molecule has 1 aliphatic heterocycles. The zero-order valence-corrected chi connectivity index (χ0v) is 14.0. The van der Waals surface area contributed by atoms with Crippen molar-refractivity contribution in [2.45, 2.75) is 6.10 Å². The molecule has 128 valence electrons. The second-order valence-electron chi connectivity index (χ2n) is 5.60. The largest absolute Gasteiger partial charge is 0.486 e. The van der Waals surface area contributed by atoms with Crippen molar-refractivity contribution in [3.63, 3.8) is 0 Å². The van der Waals surface area contributed by atoms with E-state index in [1.54, 1.807) is 36.4 Å². The van der Waals surface area contributed by atoms with Gasteiger partial charge in [0.1, 0.15) is 24.2 Å². The van der Waals surface area contributed by atoms with E-state index in [0.29, 0.717) is 41.4 Å². The predicted octanol–water partition coefficient (Wildman–Crippen LogP) is 1.93. The van der Waals surface area contributed by atoms with Gasteiger partial charge in [-0.1, -0.05) is 6.07 Å². The van der Waals surface area contributed by atoms with Gasteiger partial charge < -0.3 is 19.9 Å². The Morgan fingerprint density at radius 1 is 1.12 bits per heavy atom. The van der Waals surface area contributed by atoms with E-state index in [4.69, 9.17) is 9.47 Å². The molecule has 0 spiro atoms. The van der Waals surface area contributed by atoms with E-state index in [1.807, 2.05) is 0 Å². The lowest BCUT2D eigenvalue weighted by Gasteiger charge is -2.20. The van der Waals surface area contributed by atoms with E-state index in [1.165, 1.54) is 0 Å². The number of rotatable bonds is 4. The number of fused-ring (bicyclic) bond motifs is 2. The quantitative estimate of drug-likeness (QED) is 0.741. The van der Waals surface area contributed by atoms with Crippen LogP contribution in [0.5, 0.6) is 11.5 Å². The lowest BCUT2D eigenvalue weighted by atomic mass is 10.1. The summed E-state index contributed by atoms with van der Waals surface area (Å²) in [4.78, 5) is 12.3. The van der Waals surface area contributed by atoms with Crippen molar-refractivity contribution in [3.05, 3.63) is 47.5 Å². The Balaban J connectivity index is 1.42. The second-order valence-corrected chi connectivity index (χ2v) is 6.13. The average Bonchev–Trinajstić information content (AvgIpc) is 3.13. The third-order valence-corrected chi connectivity index (χ3v) is 4.48. The molecule has 0 radical (unpaired) electrons. The Kier molecular flexibility index (Phi) is 4.21. The number of hydrogen-bond donors (Lipinski definition) is 2. The fourth-order valence-electron chi connectivity index (χ4n) is 2.60. The molecule has 1 aromatic heterocycles. The number of aliphatic hydroxyl groups excluding tert-OH is 1. The maximum absolute atomic E-state index is 12.3. The van der Waals surface area contributed by atoms with Gasteiger partial charge >= 0.3 is 0 Å². The smallest absolute Gasteiger partial charge is 0.251 e. The number of nitrogens with zero attached hydrogens (tertiary/aromatic N) is 2. The van der Waals surface area contributed by atoms with Crippen molar-refractivity contribution >= 4 is 28.7 Å². The van der Waals surface area contributed by atoms with Crippen LogP contribution in [0.25, 0.3) is 11.0 Å². The van der Waals surface area contributed by atoms with Crippen LogP contribution in [0, 0.1) is 0 Å². The Bertz CT molecular complexity index is 927. The minimum Gasteiger partial charge on any atom is -0.486 e. The van der Waals surface area contributed by atoms with Crippen molar-refractivity contribution in [2.24, 2.45) is 0 Å². The summed E-state index contributed by atoms with van der Waals surface area (Å²) in [7, 11) is 0. The Morgan fingerprint density at radius 3 is 2.80 bits per heavy atom. The van der Waals surface area contributed by atoms with Crippen molar-refractivity contribution in [1.29, 1.82) is 0 Å². The van der Waals surface area contributed by atoms with Crippen LogP contribution in [0.1, 0.15) is 22.0 Å². The number of hydrogen-bond acceptors (Lipinski definition) is 7. The van der Waals surface area contributed by atoms with E-state index >= 15 is 0 Å². The van der Waals surface area contributed by atoms with Crippen molar-refractivity contribution in [3.8, 4) is 11.5 Å². The van der Waals surface area contributed by atoms with Crippen LogP contribution in [0.2, 0.25) is 0 Å². The van der Waals surface area contributed by atoms with Gasteiger partial charge in [0.25, 0.3) is 5.91 Å². The topological polar surface area (TPSA) is 93.6 Å². The summed E-state index contributed by atoms with van der Waals surface area (Å²) in [5, 5.41) is 13.1. The van der Waals surface area contributed by atoms with Crippen LogP contribution < -0.4 is 14.8 Å². The molecule has 4 rings (SSSR count). The fourth-order valence-corrected chi connectivity index (χ4v) is 3.12. The molecule has 0 unspecified atom stereocenters. The molecule has 0 fully saturated rings. The molecule has 3 aromatic rings. The van der Waals surface area contributed by atoms with Crippen LogP contribution >= 0.6 is 11.7 Å². The number of aromatic nitrogens is 2. The molecule has 1 amide bonds. The first-order valence-corrected chi connectivity index (χ1v) is 8.52.